The molecule has 0 bridgehead atoms. The predicted molar refractivity (Wildman–Crippen MR) is 78.7 cm³/mol. The summed E-state index contributed by atoms with van der Waals surface area (Å²) in [6.45, 7) is 0.327. The molecule has 0 heterocycles. The summed E-state index contributed by atoms with van der Waals surface area (Å²) in [6.07, 6.45) is 0. The summed E-state index contributed by atoms with van der Waals surface area (Å²) in [5, 5.41) is 12.4. The summed E-state index contributed by atoms with van der Waals surface area (Å²) in [5.74, 6) is -1.47. The van der Waals surface area contributed by atoms with Crippen LogP contribution in [0.3, 0.4) is 0 Å². The van der Waals surface area contributed by atoms with E-state index in [1.54, 1.807) is 18.2 Å². The average Bonchev–Trinajstić information content (AvgIpc) is 2.46. The number of halogens is 2. The van der Waals surface area contributed by atoms with Gasteiger partial charge in [-0.1, -0.05) is 17.7 Å². The Morgan fingerprint density at radius 2 is 2.14 bits per heavy atom. The molecule has 110 valence electrons. The molecule has 2 aromatic rings. The molecule has 0 aliphatic rings. The molecule has 0 spiro atoms. The van der Waals surface area contributed by atoms with Gasteiger partial charge >= 0.3 is 5.97 Å². The molecule has 0 radical (unpaired) electrons. The summed E-state index contributed by atoms with van der Waals surface area (Å²) in [6, 6.07) is 9.08. The maximum absolute atomic E-state index is 13.3. The largest absolute Gasteiger partial charge is 0.496 e. The highest BCUT2D eigenvalue weighted by Crippen LogP contribution is 2.27. The molecule has 0 saturated heterocycles. The SMILES string of the molecule is COc1cccc(Cl)c1CNc1ccc(F)c(C(=O)O)c1. The molecule has 0 unspecified atom stereocenters. The van der Waals surface area contributed by atoms with Crippen LogP contribution in [-0.4, -0.2) is 18.2 Å². The van der Waals surface area contributed by atoms with Gasteiger partial charge in [0, 0.05) is 22.8 Å². The summed E-state index contributed by atoms with van der Waals surface area (Å²) in [7, 11) is 1.54. The standard InChI is InChI=1S/C15H13ClFNO3/c1-21-14-4-2-3-12(16)11(14)8-18-9-5-6-13(17)10(7-9)15(19)20/h2-7,18H,8H2,1H3,(H,19,20). The fourth-order valence-electron chi connectivity index (χ4n) is 1.89. The van der Waals surface area contributed by atoms with Gasteiger partial charge in [0.25, 0.3) is 0 Å². The van der Waals surface area contributed by atoms with Crippen LogP contribution < -0.4 is 10.1 Å². The molecule has 0 aliphatic heterocycles. The zero-order valence-electron chi connectivity index (χ0n) is 11.2. The summed E-state index contributed by atoms with van der Waals surface area (Å²) >= 11 is 6.11. The highest BCUT2D eigenvalue weighted by Gasteiger charge is 2.12. The van der Waals surface area contributed by atoms with Crippen LogP contribution in [0.15, 0.2) is 36.4 Å². The lowest BCUT2D eigenvalue weighted by atomic mass is 10.1. The molecule has 2 rings (SSSR count). The number of nitrogens with one attached hydrogen (secondary N) is 1. The summed E-state index contributed by atoms with van der Waals surface area (Å²) in [5.41, 5.74) is 0.838. The quantitative estimate of drug-likeness (QED) is 0.882. The maximum atomic E-state index is 13.3. The van der Waals surface area contributed by atoms with Gasteiger partial charge in [0.15, 0.2) is 0 Å². The number of benzene rings is 2. The van der Waals surface area contributed by atoms with Crippen molar-refractivity contribution in [3.63, 3.8) is 0 Å². The molecule has 0 fully saturated rings. The fraction of sp³-hybridized carbons (Fsp3) is 0.133. The lowest BCUT2D eigenvalue weighted by Crippen LogP contribution is -2.05. The van der Waals surface area contributed by atoms with Crippen LogP contribution in [0.1, 0.15) is 15.9 Å². The number of rotatable bonds is 5. The number of aromatic carboxylic acids is 1. The first-order valence-corrected chi connectivity index (χ1v) is 6.49. The number of hydrogen-bond acceptors (Lipinski definition) is 3. The molecular weight excluding hydrogens is 297 g/mol. The van der Waals surface area contributed by atoms with Crippen LogP contribution in [0.25, 0.3) is 0 Å². The van der Waals surface area contributed by atoms with Gasteiger partial charge in [-0.25, -0.2) is 9.18 Å². The highest BCUT2D eigenvalue weighted by atomic mass is 35.5. The summed E-state index contributed by atoms with van der Waals surface area (Å²) in [4.78, 5) is 10.9. The van der Waals surface area contributed by atoms with E-state index >= 15 is 0 Å². The lowest BCUT2D eigenvalue weighted by molar-refractivity contribution is 0.0692. The van der Waals surface area contributed by atoms with Crippen molar-refractivity contribution in [3.05, 3.63) is 58.4 Å². The van der Waals surface area contributed by atoms with Gasteiger partial charge in [0.05, 0.1) is 12.7 Å². The third-order valence-electron chi connectivity index (χ3n) is 2.96. The number of methoxy groups -OCH3 is 1. The van der Waals surface area contributed by atoms with Gasteiger partial charge in [0.1, 0.15) is 11.6 Å². The van der Waals surface area contributed by atoms with Crippen molar-refractivity contribution in [2.45, 2.75) is 6.54 Å². The minimum Gasteiger partial charge on any atom is -0.496 e. The second-order valence-corrected chi connectivity index (χ2v) is 4.68. The van der Waals surface area contributed by atoms with Gasteiger partial charge in [-0.2, -0.15) is 0 Å². The maximum Gasteiger partial charge on any atom is 0.338 e. The molecule has 6 heteroatoms. The Morgan fingerprint density at radius 1 is 1.38 bits per heavy atom. The predicted octanol–water partition coefficient (Wildman–Crippen LogP) is 3.80. The third kappa shape index (κ3) is 3.44. The minimum atomic E-state index is -1.31. The van der Waals surface area contributed by atoms with E-state index in [9.17, 15) is 9.18 Å². The Hall–Kier alpha value is -2.27. The van der Waals surface area contributed by atoms with Crippen molar-refractivity contribution in [3.8, 4) is 5.75 Å². The topological polar surface area (TPSA) is 58.6 Å². The first-order chi connectivity index (χ1) is 10.0. The van der Waals surface area contributed by atoms with Gasteiger partial charge in [-0.3, -0.25) is 0 Å². The van der Waals surface area contributed by atoms with Crippen molar-refractivity contribution >= 4 is 23.3 Å². The Kier molecular flexibility index (Phi) is 4.65. The van der Waals surface area contributed by atoms with E-state index in [0.29, 0.717) is 23.0 Å². The second-order valence-electron chi connectivity index (χ2n) is 4.27. The van der Waals surface area contributed by atoms with Crippen molar-refractivity contribution in [1.82, 2.24) is 0 Å². The van der Waals surface area contributed by atoms with Crippen LogP contribution in [0.2, 0.25) is 5.02 Å². The van der Waals surface area contributed by atoms with Crippen LogP contribution in [0.5, 0.6) is 5.75 Å². The average molecular weight is 310 g/mol. The summed E-state index contributed by atoms with van der Waals surface area (Å²) < 4.78 is 18.5. The van der Waals surface area contributed by atoms with Gasteiger partial charge in [-0.15, -0.1) is 0 Å². The van der Waals surface area contributed by atoms with Crippen LogP contribution in [0.4, 0.5) is 10.1 Å². The van der Waals surface area contributed by atoms with E-state index in [2.05, 4.69) is 5.32 Å². The van der Waals surface area contributed by atoms with Crippen molar-refractivity contribution in [2.75, 3.05) is 12.4 Å². The Balaban J connectivity index is 2.21. The van der Waals surface area contributed by atoms with Crippen molar-refractivity contribution in [2.24, 2.45) is 0 Å². The molecule has 0 atom stereocenters. The molecule has 0 aliphatic carbocycles. The van der Waals surface area contributed by atoms with E-state index in [-0.39, 0.29) is 5.56 Å². The minimum absolute atomic E-state index is 0.327. The van der Waals surface area contributed by atoms with Crippen molar-refractivity contribution < 1.29 is 19.0 Å². The van der Waals surface area contributed by atoms with Crippen molar-refractivity contribution in [1.29, 1.82) is 0 Å². The first-order valence-electron chi connectivity index (χ1n) is 6.11. The fourth-order valence-corrected chi connectivity index (χ4v) is 2.12. The molecule has 21 heavy (non-hydrogen) atoms. The first kappa shape index (κ1) is 15.1. The zero-order chi connectivity index (χ0) is 15.4. The molecular formula is C15H13ClFNO3. The Morgan fingerprint density at radius 3 is 2.81 bits per heavy atom. The van der Waals surface area contributed by atoms with Gasteiger partial charge < -0.3 is 15.2 Å². The van der Waals surface area contributed by atoms with Crippen LogP contribution in [-0.2, 0) is 6.54 Å². The number of carbonyl (C=O) groups is 1. The van der Waals surface area contributed by atoms with Gasteiger partial charge in [-0.05, 0) is 30.3 Å². The number of anilines is 1. The third-order valence-corrected chi connectivity index (χ3v) is 3.32. The normalized spacial score (nSPS) is 10.2. The smallest absolute Gasteiger partial charge is 0.338 e. The number of hydrogen-bond donors (Lipinski definition) is 2. The lowest BCUT2D eigenvalue weighted by Gasteiger charge is -2.12. The molecule has 0 aromatic heterocycles. The Labute approximate surface area is 126 Å². The highest BCUT2D eigenvalue weighted by molar-refractivity contribution is 6.31. The van der Waals surface area contributed by atoms with E-state index in [1.165, 1.54) is 19.2 Å². The van der Waals surface area contributed by atoms with Crippen LogP contribution in [0, 0.1) is 5.82 Å². The van der Waals surface area contributed by atoms with Crippen LogP contribution >= 0.6 is 11.6 Å². The molecule has 2 N–H and O–H groups in total. The van der Waals surface area contributed by atoms with Gasteiger partial charge in [0.2, 0.25) is 0 Å². The monoisotopic (exact) mass is 309 g/mol. The molecule has 2 aromatic carbocycles. The second kappa shape index (κ2) is 6.45. The zero-order valence-corrected chi connectivity index (χ0v) is 11.9. The van der Waals surface area contributed by atoms with E-state index in [4.69, 9.17) is 21.4 Å². The number of ether oxygens (including phenoxy) is 1. The number of carboxylic acid groups (broad SMARTS) is 1. The number of carboxylic acids is 1. The van der Waals surface area contributed by atoms with E-state index in [0.717, 1.165) is 11.6 Å². The van der Waals surface area contributed by atoms with E-state index < -0.39 is 11.8 Å². The van der Waals surface area contributed by atoms with E-state index in [1.807, 2.05) is 0 Å². The Bertz CT molecular complexity index is 676. The molecule has 0 amide bonds. The molecule has 4 nitrogen and oxygen atoms in total. The molecule has 0 saturated carbocycles.